The molecule has 3 aliphatic rings. The molecule has 1 aliphatic heterocycles. The average molecular weight is 275 g/mol. The maximum atomic E-state index is 12.5. The summed E-state index contributed by atoms with van der Waals surface area (Å²) in [6.07, 6.45) is 8.12. The van der Waals surface area contributed by atoms with Gasteiger partial charge in [-0.05, 0) is 49.9 Å². The van der Waals surface area contributed by atoms with Gasteiger partial charge in [-0.15, -0.1) is 5.10 Å². The minimum absolute atomic E-state index is 0.0236. The first kappa shape index (κ1) is 12.2. The van der Waals surface area contributed by atoms with Crippen molar-refractivity contribution in [3.63, 3.8) is 0 Å². The van der Waals surface area contributed by atoms with E-state index in [2.05, 4.69) is 20.5 Å². The number of carbonyl (C=O) groups excluding carboxylic acids is 1. The molecule has 1 N–H and O–H groups in total. The van der Waals surface area contributed by atoms with Crippen LogP contribution in [-0.4, -0.2) is 38.5 Å². The zero-order chi connectivity index (χ0) is 13.7. The number of likely N-dealkylation sites (tertiary alicyclic amines) is 1. The van der Waals surface area contributed by atoms with Crippen LogP contribution in [0.15, 0.2) is 6.20 Å². The third-order valence-corrected chi connectivity index (χ3v) is 5.04. The second kappa shape index (κ2) is 4.46. The molecule has 2 saturated carbocycles. The molecule has 2 atom stereocenters. The zero-order valence-corrected chi connectivity index (χ0v) is 11.8. The zero-order valence-electron chi connectivity index (χ0n) is 11.8. The number of nitrogens with zero attached hydrogens (tertiary/aromatic N) is 4. The van der Waals surface area contributed by atoms with Crippen molar-refractivity contribution in [3.8, 4) is 0 Å². The van der Waals surface area contributed by atoms with E-state index in [0.717, 1.165) is 24.3 Å². The lowest BCUT2D eigenvalue weighted by atomic mass is 9.98. The van der Waals surface area contributed by atoms with Gasteiger partial charge in [-0.1, -0.05) is 5.21 Å². The van der Waals surface area contributed by atoms with Crippen molar-refractivity contribution in [2.24, 2.45) is 24.8 Å². The molecule has 0 spiro atoms. The van der Waals surface area contributed by atoms with E-state index in [1.807, 2.05) is 0 Å². The van der Waals surface area contributed by atoms with Gasteiger partial charge in [-0.2, -0.15) is 0 Å². The highest BCUT2D eigenvalue weighted by atomic mass is 16.2. The van der Waals surface area contributed by atoms with Crippen molar-refractivity contribution in [3.05, 3.63) is 6.20 Å². The van der Waals surface area contributed by atoms with Gasteiger partial charge in [0.25, 0.3) is 0 Å². The molecule has 108 valence electrons. The van der Waals surface area contributed by atoms with Gasteiger partial charge in [-0.3, -0.25) is 5.32 Å². The van der Waals surface area contributed by atoms with Crippen molar-refractivity contribution >= 4 is 11.8 Å². The number of aromatic nitrogens is 3. The molecule has 0 bridgehead atoms. The van der Waals surface area contributed by atoms with Gasteiger partial charge in [-0.25, -0.2) is 9.48 Å². The molecule has 0 unspecified atom stereocenters. The summed E-state index contributed by atoms with van der Waals surface area (Å²) in [7, 11) is 1.79. The van der Waals surface area contributed by atoms with Crippen molar-refractivity contribution < 1.29 is 4.79 Å². The van der Waals surface area contributed by atoms with E-state index in [1.54, 1.807) is 17.9 Å². The van der Waals surface area contributed by atoms with E-state index in [-0.39, 0.29) is 6.03 Å². The van der Waals surface area contributed by atoms with Crippen LogP contribution in [0.5, 0.6) is 0 Å². The van der Waals surface area contributed by atoms with Crippen molar-refractivity contribution in [2.45, 2.75) is 38.1 Å². The van der Waals surface area contributed by atoms with E-state index in [1.165, 1.54) is 32.1 Å². The second-order valence-corrected chi connectivity index (χ2v) is 6.56. The molecule has 2 aliphatic carbocycles. The summed E-state index contributed by atoms with van der Waals surface area (Å²) in [4.78, 5) is 14.6. The Balaban J connectivity index is 1.47. The number of urea groups is 1. The van der Waals surface area contributed by atoms with Crippen LogP contribution in [0.25, 0.3) is 0 Å². The van der Waals surface area contributed by atoms with Crippen LogP contribution in [0.2, 0.25) is 0 Å². The molecular weight excluding hydrogens is 254 g/mol. The van der Waals surface area contributed by atoms with E-state index in [9.17, 15) is 4.79 Å². The summed E-state index contributed by atoms with van der Waals surface area (Å²) in [5.41, 5.74) is 0. The molecule has 2 amide bonds. The standard InChI is InChI=1S/C14H21N5O/c1-18-13(7-15-17-18)16-14(20)19-8-11(9-2-3-9)6-12(19)10-4-5-10/h7,9-12H,2-6,8H2,1H3,(H,16,20)/t11-,12-/m1/s1. The Morgan fingerprint density at radius 2 is 2.00 bits per heavy atom. The number of nitrogens with one attached hydrogen (secondary N) is 1. The lowest BCUT2D eigenvalue weighted by Gasteiger charge is -2.24. The number of hydrogen-bond donors (Lipinski definition) is 1. The Morgan fingerprint density at radius 1 is 1.25 bits per heavy atom. The fourth-order valence-corrected chi connectivity index (χ4v) is 3.55. The molecule has 1 aromatic rings. The summed E-state index contributed by atoms with van der Waals surface area (Å²) in [6.45, 7) is 0.933. The number of rotatable bonds is 3. The maximum Gasteiger partial charge on any atom is 0.323 e. The molecule has 3 fully saturated rings. The van der Waals surface area contributed by atoms with Gasteiger partial charge in [0.05, 0.1) is 6.20 Å². The highest BCUT2D eigenvalue weighted by Gasteiger charge is 2.47. The van der Waals surface area contributed by atoms with Gasteiger partial charge in [0.15, 0.2) is 5.82 Å². The first-order chi connectivity index (χ1) is 9.72. The van der Waals surface area contributed by atoms with Crippen LogP contribution in [0.3, 0.4) is 0 Å². The minimum Gasteiger partial charge on any atom is -0.321 e. The predicted molar refractivity (Wildman–Crippen MR) is 74.1 cm³/mol. The Hall–Kier alpha value is -1.59. The van der Waals surface area contributed by atoms with Crippen LogP contribution < -0.4 is 5.32 Å². The van der Waals surface area contributed by atoms with E-state index >= 15 is 0 Å². The molecule has 20 heavy (non-hydrogen) atoms. The summed E-state index contributed by atoms with van der Waals surface area (Å²) in [6, 6.07) is 0.484. The molecular formula is C14H21N5O. The van der Waals surface area contributed by atoms with Gasteiger partial charge in [0.1, 0.15) is 0 Å². The average Bonchev–Trinajstić information content (AvgIpc) is 3.36. The van der Waals surface area contributed by atoms with Crippen molar-refractivity contribution in [1.29, 1.82) is 0 Å². The van der Waals surface area contributed by atoms with Crippen LogP contribution in [0.4, 0.5) is 10.6 Å². The highest BCUT2D eigenvalue weighted by molar-refractivity contribution is 5.88. The quantitative estimate of drug-likeness (QED) is 0.915. The van der Waals surface area contributed by atoms with Crippen molar-refractivity contribution in [2.75, 3.05) is 11.9 Å². The van der Waals surface area contributed by atoms with Gasteiger partial charge in [0.2, 0.25) is 0 Å². The van der Waals surface area contributed by atoms with Crippen LogP contribution in [0, 0.1) is 17.8 Å². The lowest BCUT2D eigenvalue weighted by Crippen LogP contribution is -2.40. The number of amides is 2. The largest absolute Gasteiger partial charge is 0.323 e. The monoisotopic (exact) mass is 275 g/mol. The van der Waals surface area contributed by atoms with Crippen LogP contribution in [-0.2, 0) is 7.05 Å². The molecule has 6 heteroatoms. The second-order valence-electron chi connectivity index (χ2n) is 6.56. The van der Waals surface area contributed by atoms with Gasteiger partial charge >= 0.3 is 6.03 Å². The fourth-order valence-electron chi connectivity index (χ4n) is 3.55. The molecule has 6 nitrogen and oxygen atoms in total. The smallest absolute Gasteiger partial charge is 0.321 e. The van der Waals surface area contributed by atoms with Gasteiger partial charge in [0, 0.05) is 19.6 Å². The topological polar surface area (TPSA) is 63.1 Å². The number of aryl methyl sites for hydroxylation is 1. The summed E-state index contributed by atoms with van der Waals surface area (Å²) in [5, 5.41) is 10.6. The predicted octanol–water partition coefficient (Wildman–Crippen LogP) is 1.86. The Morgan fingerprint density at radius 3 is 2.60 bits per heavy atom. The van der Waals surface area contributed by atoms with E-state index < -0.39 is 0 Å². The number of carbonyl (C=O) groups is 1. The Kier molecular flexibility index (Phi) is 2.72. The molecule has 0 radical (unpaired) electrons. The van der Waals surface area contributed by atoms with Crippen LogP contribution >= 0.6 is 0 Å². The van der Waals surface area contributed by atoms with E-state index in [4.69, 9.17) is 0 Å². The van der Waals surface area contributed by atoms with Crippen LogP contribution in [0.1, 0.15) is 32.1 Å². The summed E-state index contributed by atoms with van der Waals surface area (Å²) >= 11 is 0. The molecule has 1 aromatic heterocycles. The highest BCUT2D eigenvalue weighted by Crippen LogP contribution is 2.48. The SMILES string of the molecule is Cn1nncc1NC(=O)N1C[C@H](C2CC2)C[C@@H]1C1CC1. The summed E-state index contributed by atoms with van der Waals surface area (Å²) in [5.74, 6) is 3.03. The third-order valence-electron chi connectivity index (χ3n) is 5.04. The Bertz CT molecular complexity index is 519. The number of hydrogen-bond acceptors (Lipinski definition) is 3. The Labute approximate surface area is 118 Å². The first-order valence-corrected chi connectivity index (χ1v) is 7.64. The lowest BCUT2D eigenvalue weighted by molar-refractivity contribution is 0.199. The minimum atomic E-state index is 0.0236. The third kappa shape index (κ3) is 2.17. The molecule has 2 heterocycles. The fraction of sp³-hybridized carbons (Fsp3) is 0.786. The first-order valence-electron chi connectivity index (χ1n) is 7.64. The van der Waals surface area contributed by atoms with Crippen molar-refractivity contribution in [1.82, 2.24) is 19.9 Å². The van der Waals surface area contributed by atoms with E-state index in [0.29, 0.717) is 11.9 Å². The maximum absolute atomic E-state index is 12.5. The molecule has 1 saturated heterocycles. The summed E-state index contributed by atoms with van der Waals surface area (Å²) < 4.78 is 1.60. The molecule has 0 aromatic carbocycles. The van der Waals surface area contributed by atoms with Gasteiger partial charge < -0.3 is 4.90 Å². The normalized spacial score (nSPS) is 29.8. The molecule has 4 rings (SSSR count). The number of anilines is 1.